The Morgan fingerprint density at radius 2 is 2.42 bits per heavy atom. The number of hydrogen-bond donors (Lipinski definition) is 0. The summed E-state index contributed by atoms with van der Waals surface area (Å²) in [5.74, 6) is 0. The molecule has 1 aliphatic rings. The summed E-state index contributed by atoms with van der Waals surface area (Å²) in [6.45, 7) is 6.29. The highest BCUT2D eigenvalue weighted by Crippen LogP contribution is 2.28. The topological polar surface area (TPSA) is 27.1 Å². The molecule has 0 aromatic carbocycles. The van der Waals surface area contributed by atoms with Gasteiger partial charge in [0.15, 0.2) is 0 Å². The lowest BCUT2D eigenvalue weighted by Crippen LogP contribution is -2.17. The van der Waals surface area contributed by atoms with E-state index in [1.54, 1.807) is 6.20 Å². The average Bonchev–Trinajstić information content (AvgIpc) is 2.31. The van der Waals surface area contributed by atoms with Crippen LogP contribution in [0.1, 0.15) is 20.3 Å². The fourth-order valence-electron chi connectivity index (χ4n) is 1.51. The summed E-state index contributed by atoms with van der Waals surface area (Å²) in [4.78, 5) is 4.12. The van der Waals surface area contributed by atoms with Gasteiger partial charge in [-0.1, -0.05) is 13.8 Å². The normalized spacial score (nSPS) is 20.8. The molecule has 12 heavy (non-hydrogen) atoms. The molecule has 1 aromatic heterocycles. The number of nitrogens with zero attached hydrogens (tertiary/aromatic N) is 2. The maximum atomic E-state index is 5.48. The highest BCUT2D eigenvalue weighted by Gasteiger charge is 2.23. The van der Waals surface area contributed by atoms with Crippen LogP contribution in [0.15, 0.2) is 12.4 Å². The van der Waals surface area contributed by atoms with E-state index in [0.717, 1.165) is 25.6 Å². The molecule has 0 saturated carbocycles. The highest BCUT2D eigenvalue weighted by molar-refractivity contribution is 5.00. The summed E-state index contributed by atoms with van der Waals surface area (Å²) in [5.41, 5.74) is 0.325. The van der Waals surface area contributed by atoms with E-state index in [-0.39, 0.29) is 0 Å². The second-order valence-corrected chi connectivity index (χ2v) is 4.10. The van der Waals surface area contributed by atoms with E-state index in [0.29, 0.717) is 5.41 Å². The van der Waals surface area contributed by atoms with Gasteiger partial charge in [-0.25, -0.2) is 4.98 Å². The van der Waals surface area contributed by atoms with Gasteiger partial charge in [-0.3, -0.25) is 0 Å². The van der Waals surface area contributed by atoms with Crippen molar-refractivity contribution in [2.45, 2.75) is 26.8 Å². The molecular formula is C9H14N2O. The van der Waals surface area contributed by atoms with Crippen molar-refractivity contribution >= 4 is 0 Å². The Morgan fingerprint density at radius 1 is 1.58 bits per heavy atom. The maximum absolute atomic E-state index is 5.48. The molecule has 0 radical (unpaired) electrons. The minimum atomic E-state index is 0.325. The molecule has 0 saturated heterocycles. The van der Waals surface area contributed by atoms with Crippen LogP contribution in [0.2, 0.25) is 0 Å². The third kappa shape index (κ3) is 1.31. The smallest absolute Gasteiger partial charge is 0.296 e. The van der Waals surface area contributed by atoms with Crippen molar-refractivity contribution in [1.82, 2.24) is 9.55 Å². The second-order valence-electron chi connectivity index (χ2n) is 4.10. The van der Waals surface area contributed by atoms with Crippen molar-refractivity contribution in [3.05, 3.63) is 12.4 Å². The van der Waals surface area contributed by atoms with Gasteiger partial charge in [-0.15, -0.1) is 0 Å². The van der Waals surface area contributed by atoms with Gasteiger partial charge in [0.1, 0.15) is 0 Å². The number of hydrogen-bond acceptors (Lipinski definition) is 2. The first-order valence-corrected chi connectivity index (χ1v) is 4.31. The lowest BCUT2D eigenvalue weighted by Gasteiger charge is -2.20. The van der Waals surface area contributed by atoms with Crippen molar-refractivity contribution in [2.24, 2.45) is 5.41 Å². The fourth-order valence-corrected chi connectivity index (χ4v) is 1.51. The molecule has 2 rings (SSSR count). The summed E-state index contributed by atoms with van der Waals surface area (Å²) in [6, 6.07) is 0.764. The predicted octanol–water partition coefficient (Wildman–Crippen LogP) is 1.69. The van der Waals surface area contributed by atoms with Crippen LogP contribution in [0.4, 0.5) is 0 Å². The van der Waals surface area contributed by atoms with Crippen LogP contribution < -0.4 is 4.74 Å². The minimum Gasteiger partial charge on any atom is -0.465 e. The first-order chi connectivity index (χ1) is 5.67. The Morgan fingerprint density at radius 3 is 3.25 bits per heavy atom. The molecule has 2 heterocycles. The van der Waals surface area contributed by atoms with E-state index < -0.39 is 0 Å². The summed E-state index contributed by atoms with van der Waals surface area (Å²) in [6.07, 6.45) is 4.86. The molecule has 0 spiro atoms. The van der Waals surface area contributed by atoms with Gasteiger partial charge in [-0.05, 0) is 11.8 Å². The Bertz CT molecular complexity index is 278. The molecule has 0 amide bonds. The van der Waals surface area contributed by atoms with Gasteiger partial charge in [0, 0.05) is 18.9 Å². The Hall–Kier alpha value is -0.990. The van der Waals surface area contributed by atoms with Crippen LogP contribution in [-0.4, -0.2) is 16.2 Å². The van der Waals surface area contributed by atoms with Gasteiger partial charge >= 0.3 is 0 Å². The molecule has 1 aromatic rings. The lowest BCUT2D eigenvalue weighted by molar-refractivity contribution is 0.243. The van der Waals surface area contributed by atoms with Crippen LogP contribution in [-0.2, 0) is 6.54 Å². The van der Waals surface area contributed by atoms with E-state index in [9.17, 15) is 0 Å². The average molecular weight is 166 g/mol. The van der Waals surface area contributed by atoms with Crippen molar-refractivity contribution in [3.8, 4) is 6.01 Å². The molecule has 66 valence electrons. The molecule has 0 unspecified atom stereocenters. The van der Waals surface area contributed by atoms with E-state index in [1.807, 2.05) is 6.20 Å². The largest absolute Gasteiger partial charge is 0.465 e. The van der Waals surface area contributed by atoms with Gasteiger partial charge in [-0.2, -0.15) is 0 Å². The fraction of sp³-hybridized carbons (Fsp3) is 0.667. The molecule has 3 heteroatoms. The van der Waals surface area contributed by atoms with Crippen LogP contribution >= 0.6 is 0 Å². The number of rotatable bonds is 0. The minimum absolute atomic E-state index is 0.325. The SMILES string of the molecule is CC1(C)CCOc2nccn2C1. The van der Waals surface area contributed by atoms with Gasteiger partial charge in [0.05, 0.1) is 6.61 Å². The van der Waals surface area contributed by atoms with Crippen LogP contribution in [0.25, 0.3) is 0 Å². The zero-order valence-corrected chi connectivity index (χ0v) is 7.58. The number of aromatic nitrogens is 2. The van der Waals surface area contributed by atoms with Crippen molar-refractivity contribution < 1.29 is 4.74 Å². The van der Waals surface area contributed by atoms with Gasteiger partial charge in [0.2, 0.25) is 0 Å². The zero-order valence-electron chi connectivity index (χ0n) is 7.58. The predicted molar refractivity (Wildman–Crippen MR) is 46.1 cm³/mol. The molecule has 3 nitrogen and oxygen atoms in total. The van der Waals surface area contributed by atoms with Crippen LogP contribution in [0.5, 0.6) is 6.01 Å². The Kier molecular flexibility index (Phi) is 1.60. The maximum Gasteiger partial charge on any atom is 0.296 e. The van der Waals surface area contributed by atoms with Gasteiger partial charge in [0.25, 0.3) is 6.01 Å². The van der Waals surface area contributed by atoms with E-state index in [4.69, 9.17) is 4.74 Å². The first-order valence-electron chi connectivity index (χ1n) is 4.31. The van der Waals surface area contributed by atoms with E-state index in [1.165, 1.54) is 0 Å². The molecule has 0 N–H and O–H groups in total. The zero-order chi connectivity index (χ0) is 8.60. The Balaban J connectivity index is 2.30. The number of imidazole rings is 1. The molecule has 0 bridgehead atoms. The summed E-state index contributed by atoms with van der Waals surface area (Å²) >= 11 is 0. The van der Waals surface area contributed by atoms with Crippen molar-refractivity contribution in [1.29, 1.82) is 0 Å². The standard InChI is InChI=1S/C9H14N2O/c1-9(2)3-6-12-8-10-4-5-11(8)7-9/h4-5H,3,6-7H2,1-2H3. The Labute approximate surface area is 72.4 Å². The van der Waals surface area contributed by atoms with E-state index in [2.05, 4.69) is 23.4 Å². The number of ether oxygens (including phenoxy) is 1. The monoisotopic (exact) mass is 166 g/mol. The molecular weight excluding hydrogens is 152 g/mol. The summed E-state index contributed by atoms with van der Waals surface area (Å²) in [7, 11) is 0. The molecule has 0 atom stereocenters. The third-order valence-corrected chi connectivity index (χ3v) is 2.29. The summed E-state index contributed by atoms with van der Waals surface area (Å²) < 4.78 is 7.55. The van der Waals surface area contributed by atoms with Crippen molar-refractivity contribution in [2.75, 3.05) is 6.61 Å². The third-order valence-electron chi connectivity index (χ3n) is 2.29. The molecule has 1 aliphatic heterocycles. The van der Waals surface area contributed by atoms with Crippen LogP contribution in [0, 0.1) is 5.41 Å². The van der Waals surface area contributed by atoms with Crippen LogP contribution in [0.3, 0.4) is 0 Å². The summed E-state index contributed by atoms with van der Waals surface area (Å²) in [5, 5.41) is 0. The molecule has 0 aliphatic carbocycles. The first kappa shape index (κ1) is 7.65. The second kappa shape index (κ2) is 2.51. The number of fused-ring (bicyclic) bond motifs is 1. The highest BCUT2D eigenvalue weighted by atomic mass is 16.5. The lowest BCUT2D eigenvalue weighted by atomic mass is 9.90. The molecule has 0 fully saturated rings. The van der Waals surface area contributed by atoms with E-state index >= 15 is 0 Å². The van der Waals surface area contributed by atoms with Gasteiger partial charge < -0.3 is 9.30 Å². The quantitative estimate of drug-likeness (QED) is 0.586. The van der Waals surface area contributed by atoms with Crippen molar-refractivity contribution in [3.63, 3.8) is 0 Å².